The number of benzene rings is 1. The highest BCUT2D eigenvalue weighted by atomic mass is 32.2. The molecule has 1 unspecified atom stereocenters. The summed E-state index contributed by atoms with van der Waals surface area (Å²) in [5.41, 5.74) is 6.45. The summed E-state index contributed by atoms with van der Waals surface area (Å²) in [6.45, 7) is 0.355. The summed E-state index contributed by atoms with van der Waals surface area (Å²) < 4.78 is 27.1. The quantitative estimate of drug-likeness (QED) is 0.510. The molecule has 0 bridgehead atoms. The van der Waals surface area contributed by atoms with Crippen LogP contribution >= 0.6 is 0 Å². The number of methoxy groups -OCH3 is 1. The first-order chi connectivity index (χ1) is 8.34. The number of primary sulfonamides is 1. The molecule has 6 N–H and O–H groups in total. The number of rotatable bonds is 6. The van der Waals surface area contributed by atoms with Gasteiger partial charge < -0.3 is 20.9 Å². The number of nitrogens with one attached hydrogen (secondary N) is 1. The van der Waals surface area contributed by atoms with E-state index in [-0.39, 0.29) is 18.0 Å². The average molecular weight is 275 g/mol. The number of nitrogen functional groups attached to an aromatic ring is 1. The van der Waals surface area contributed by atoms with Crippen molar-refractivity contribution in [3.63, 3.8) is 0 Å². The van der Waals surface area contributed by atoms with Crippen LogP contribution in [0.25, 0.3) is 0 Å². The summed E-state index contributed by atoms with van der Waals surface area (Å²) >= 11 is 0. The summed E-state index contributed by atoms with van der Waals surface area (Å²) in [6, 6.07) is 4.08. The van der Waals surface area contributed by atoms with E-state index in [4.69, 9.17) is 15.6 Å². The van der Waals surface area contributed by atoms with Crippen molar-refractivity contribution >= 4 is 21.4 Å². The molecule has 1 aromatic rings. The average Bonchev–Trinajstić information content (AvgIpc) is 2.26. The molecule has 0 amide bonds. The summed E-state index contributed by atoms with van der Waals surface area (Å²) in [5.74, 6) is 0. The molecule has 0 aromatic heterocycles. The monoisotopic (exact) mass is 275 g/mol. The molecule has 1 aromatic carbocycles. The van der Waals surface area contributed by atoms with E-state index in [1.54, 1.807) is 0 Å². The molecule has 0 fully saturated rings. The first-order valence-electron chi connectivity index (χ1n) is 5.18. The van der Waals surface area contributed by atoms with Crippen molar-refractivity contribution in [2.45, 2.75) is 11.0 Å². The van der Waals surface area contributed by atoms with Gasteiger partial charge in [0.15, 0.2) is 0 Å². The van der Waals surface area contributed by atoms with Gasteiger partial charge in [0.25, 0.3) is 0 Å². The van der Waals surface area contributed by atoms with Crippen LogP contribution in [0.3, 0.4) is 0 Å². The summed E-state index contributed by atoms with van der Waals surface area (Å²) in [5, 5.41) is 17.3. The number of aliphatic hydroxyl groups is 1. The largest absolute Gasteiger partial charge is 0.397 e. The first kappa shape index (κ1) is 14.7. The Morgan fingerprint density at radius 1 is 1.50 bits per heavy atom. The van der Waals surface area contributed by atoms with Crippen LogP contribution in [0.1, 0.15) is 0 Å². The number of aliphatic hydroxyl groups excluding tert-OH is 1. The minimum absolute atomic E-state index is 0.0413. The van der Waals surface area contributed by atoms with Crippen LogP contribution in [-0.2, 0) is 14.8 Å². The second kappa shape index (κ2) is 6.01. The van der Waals surface area contributed by atoms with Crippen LogP contribution in [0.4, 0.5) is 11.4 Å². The van der Waals surface area contributed by atoms with E-state index in [0.29, 0.717) is 11.4 Å². The van der Waals surface area contributed by atoms with Crippen molar-refractivity contribution in [3.8, 4) is 0 Å². The molecule has 0 spiro atoms. The fraction of sp³-hybridized carbons (Fsp3) is 0.400. The van der Waals surface area contributed by atoms with Crippen LogP contribution in [-0.4, -0.2) is 39.9 Å². The van der Waals surface area contributed by atoms with Crippen molar-refractivity contribution in [2.75, 3.05) is 31.3 Å². The fourth-order valence-corrected chi connectivity index (χ4v) is 1.88. The predicted octanol–water partition coefficient (Wildman–Crippen LogP) is -0.665. The molecule has 0 aliphatic rings. The molecule has 0 aliphatic heterocycles. The first-order valence-corrected chi connectivity index (χ1v) is 6.72. The van der Waals surface area contributed by atoms with E-state index in [1.165, 1.54) is 25.3 Å². The zero-order chi connectivity index (χ0) is 13.8. The highest BCUT2D eigenvalue weighted by Gasteiger charge is 2.11. The third-order valence-corrected chi connectivity index (χ3v) is 3.15. The standard InChI is InChI=1S/C10H17N3O4S/c1-17-6-7(14)5-13-10-4-8(18(12,15)16)2-3-9(10)11/h2-4,7,13-14H,5-6,11H2,1H3,(H2,12,15,16). The summed E-state index contributed by atoms with van der Waals surface area (Å²) in [7, 11) is -2.30. The number of sulfonamides is 1. The van der Waals surface area contributed by atoms with Gasteiger partial charge in [-0.05, 0) is 18.2 Å². The van der Waals surface area contributed by atoms with Gasteiger partial charge in [-0.15, -0.1) is 0 Å². The lowest BCUT2D eigenvalue weighted by Crippen LogP contribution is -2.24. The highest BCUT2D eigenvalue weighted by Crippen LogP contribution is 2.22. The Hall–Kier alpha value is -1.35. The molecule has 1 atom stereocenters. The van der Waals surface area contributed by atoms with Crippen LogP contribution in [0.2, 0.25) is 0 Å². The van der Waals surface area contributed by atoms with E-state index in [1.807, 2.05) is 0 Å². The normalized spacial score (nSPS) is 13.3. The van der Waals surface area contributed by atoms with Gasteiger partial charge in [-0.2, -0.15) is 0 Å². The van der Waals surface area contributed by atoms with Gasteiger partial charge in [-0.3, -0.25) is 0 Å². The number of nitrogens with two attached hydrogens (primary N) is 2. The molecule has 0 radical (unpaired) electrons. The Labute approximate surface area is 106 Å². The lowest BCUT2D eigenvalue weighted by Gasteiger charge is -2.14. The smallest absolute Gasteiger partial charge is 0.238 e. The lowest BCUT2D eigenvalue weighted by molar-refractivity contribution is 0.0728. The maximum atomic E-state index is 11.2. The van der Waals surface area contributed by atoms with E-state index in [9.17, 15) is 13.5 Å². The summed E-state index contributed by atoms with van der Waals surface area (Å²) in [6.07, 6.45) is -0.715. The van der Waals surface area contributed by atoms with Gasteiger partial charge in [0, 0.05) is 13.7 Å². The number of ether oxygens (including phenoxy) is 1. The van der Waals surface area contributed by atoms with Crippen LogP contribution in [0.5, 0.6) is 0 Å². The van der Waals surface area contributed by atoms with Crippen molar-refractivity contribution < 1.29 is 18.3 Å². The second-order valence-electron chi connectivity index (χ2n) is 3.78. The second-order valence-corrected chi connectivity index (χ2v) is 5.35. The van der Waals surface area contributed by atoms with Crippen LogP contribution in [0.15, 0.2) is 23.1 Å². The Morgan fingerprint density at radius 3 is 2.72 bits per heavy atom. The van der Waals surface area contributed by atoms with E-state index >= 15 is 0 Å². The molecule has 7 nitrogen and oxygen atoms in total. The SMILES string of the molecule is COCC(O)CNc1cc(S(N)(=O)=O)ccc1N. The Morgan fingerprint density at radius 2 is 2.17 bits per heavy atom. The number of hydrogen-bond acceptors (Lipinski definition) is 6. The Bertz CT molecular complexity index is 504. The highest BCUT2D eigenvalue weighted by molar-refractivity contribution is 7.89. The predicted molar refractivity (Wildman–Crippen MR) is 68.6 cm³/mol. The molecule has 8 heteroatoms. The van der Waals surface area contributed by atoms with Crippen LogP contribution in [0, 0.1) is 0 Å². The lowest BCUT2D eigenvalue weighted by atomic mass is 10.2. The summed E-state index contributed by atoms with van der Waals surface area (Å²) in [4.78, 5) is -0.0413. The van der Waals surface area contributed by atoms with E-state index in [2.05, 4.69) is 5.32 Å². The molecular weight excluding hydrogens is 258 g/mol. The molecular formula is C10H17N3O4S. The molecule has 0 heterocycles. The molecule has 18 heavy (non-hydrogen) atoms. The number of anilines is 2. The van der Waals surface area contributed by atoms with Crippen molar-refractivity contribution in [1.29, 1.82) is 0 Å². The zero-order valence-corrected chi connectivity index (χ0v) is 10.8. The fourth-order valence-electron chi connectivity index (χ4n) is 1.34. The minimum atomic E-state index is -3.77. The third kappa shape index (κ3) is 4.15. The zero-order valence-electron chi connectivity index (χ0n) is 9.96. The number of hydrogen-bond donors (Lipinski definition) is 4. The maximum Gasteiger partial charge on any atom is 0.238 e. The van der Waals surface area contributed by atoms with Gasteiger partial charge in [-0.1, -0.05) is 0 Å². The van der Waals surface area contributed by atoms with E-state index in [0.717, 1.165) is 0 Å². The molecule has 1 rings (SSSR count). The molecule has 0 aliphatic carbocycles. The van der Waals surface area contributed by atoms with Gasteiger partial charge >= 0.3 is 0 Å². The minimum Gasteiger partial charge on any atom is -0.397 e. The third-order valence-electron chi connectivity index (χ3n) is 2.24. The topological polar surface area (TPSA) is 128 Å². The maximum absolute atomic E-state index is 11.2. The van der Waals surface area contributed by atoms with Crippen molar-refractivity contribution in [1.82, 2.24) is 0 Å². The van der Waals surface area contributed by atoms with Gasteiger partial charge in [0.05, 0.1) is 29.0 Å². The van der Waals surface area contributed by atoms with Crippen LogP contribution < -0.4 is 16.2 Å². The van der Waals surface area contributed by atoms with Crippen molar-refractivity contribution in [2.24, 2.45) is 5.14 Å². The molecule has 0 saturated heterocycles. The Balaban J connectivity index is 2.82. The van der Waals surface area contributed by atoms with Gasteiger partial charge in [0.1, 0.15) is 0 Å². The molecule has 0 saturated carbocycles. The Kier molecular flexibility index (Phi) is 4.91. The molecule has 102 valence electrons. The van der Waals surface area contributed by atoms with E-state index < -0.39 is 16.1 Å². The van der Waals surface area contributed by atoms with Crippen molar-refractivity contribution in [3.05, 3.63) is 18.2 Å². The van der Waals surface area contributed by atoms with Gasteiger partial charge in [0.2, 0.25) is 10.0 Å². The van der Waals surface area contributed by atoms with Gasteiger partial charge in [-0.25, -0.2) is 13.6 Å².